The summed E-state index contributed by atoms with van der Waals surface area (Å²) in [6.45, 7) is 5.62. The zero-order valence-electron chi connectivity index (χ0n) is 14.6. The van der Waals surface area contributed by atoms with Crippen LogP contribution in [0.3, 0.4) is 0 Å². The number of likely N-dealkylation sites (tertiary alicyclic amines) is 1. The molecule has 1 fully saturated rings. The summed E-state index contributed by atoms with van der Waals surface area (Å²) in [6, 6.07) is 4.35. The molecule has 1 unspecified atom stereocenters. The van der Waals surface area contributed by atoms with Gasteiger partial charge in [-0.2, -0.15) is 5.10 Å². The lowest BCUT2D eigenvalue weighted by Gasteiger charge is -2.32. The first-order valence-electron chi connectivity index (χ1n) is 8.71. The van der Waals surface area contributed by atoms with E-state index >= 15 is 0 Å². The highest BCUT2D eigenvalue weighted by Crippen LogP contribution is 2.28. The van der Waals surface area contributed by atoms with Crippen molar-refractivity contribution in [2.45, 2.75) is 39.2 Å². The molecule has 0 radical (unpaired) electrons. The van der Waals surface area contributed by atoms with Crippen molar-refractivity contribution >= 4 is 16.9 Å². The molecular weight excluding hydrogens is 316 g/mol. The molecule has 1 atom stereocenters. The average Bonchev–Trinajstić information content (AvgIpc) is 3.29. The SMILES string of the molecule is Cc1ccc2c(CC(=O)N3CCCC(n4cncn4)C3)coc2c1C. The van der Waals surface area contributed by atoms with E-state index in [2.05, 4.69) is 36.1 Å². The Labute approximate surface area is 146 Å². The highest BCUT2D eigenvalue weighted by atomic mass is 16.3. The van der Waals surface area contributed by atoms with Crippen molar-refractivity contribution in [3.8, 4) is 0 Å². The molecular formula is C19H22N4O2. The lowest BCUT2D eigenvalue weighted by Crippen LogP contribution is -2.41. The number of rotatable bonds is 3. The third-order valence-electron chi connectivity index (χ3n) is 5.24. The Balaban J connectivity index is 1.51. The number of aryl methyl sites for hydroxylation is 2. The largest absolute Gasteiger partial charge is 0.464 e. The number of hydrogen-bond acceptors (Lipinski definition) is 4. The smallest absolute Gasteiger partial charge is 0.227 e. The molecule has 1 amide bonds. The fourth-order valence-electron chi connectivity index (χ4n) is 3.60. The van der Waals surface area contributed by atoms with Crippen molar-refractivity contribution in [1.82, 2.24) is 19.7 Å². The van der Waals surface area contributed by atoms with Crippen LogP contribution in [0.15, 0.2) is 35.5 Å². The monoisotopic (exact) mass is 338 g/mol. The van der Waals surface area contributed by atoms with Gasteiger partial charge >= 0.3 is 0 Å². The minimum absolute atomic E-state index is 0.144. The van der Waals surface area contributed by atoms with Crippen LogP contribution < -0.4 is 0 Å². The zero-order valence-corrected chi connectivity index (χ0v) is 14.6. The van der Waals surface area contributed by atoms with Crippen molar-refractivity contribution in [3.05, 3.63) is 47.7 Å². The molecule has 3 aromatic rings. The second-order valence-electron chi connectivity index (χ2n) is 6.83. The summed E-state index contributed by atoms with van der Waals surface area (Å²) in [5.74, 6) is 0.144. The minimum atomic E-state index is 0.144. The number of amides is 1. The lowest BCUT2D eigenvalue weighted by atomic mass is 10.0. The zero-order chi connectivity index (χ0) is 17.4. The maximum atomic E-state index is 12.8. The molecule has 25 heavy (non-hydrogen) atoms. The summed E-state index contributed by atoms with van der Waals surface area (Å²) in [5, 5.41) is 5.26. The molecule has 6 nitrogen and oxygen atoms in total. The molecule has 3 heterocycles. The van der Waals surface area contributed by atoms with Crippen LogP contribution in [0.4, 0.5) is 0 Å². The van der Waals surface area contributed by atoms with E-state index in [-0.39, 0.29) is 11.9 Å². The number of aromatic nitrogens is 3. The summed E-state index contributed by atoms with van der Waals surface area (Å²) in [4.78, 5) is 18.8. The predicted octanol–water partition coefficient (Wildman–Crippen LogP) is 3.05. The van der Waals surface area contributed by atoms with E-state index in [0.717, 1.165) is 41.5 Å². The van der Waals surface area contributed by atoms with Gasteiger partial charge in [-0.3, -0.25) is 4.79 Å². The molecule has 1 aliphatic rings. The van der Waals surface area contributed by atoms with E-state index in [0.29, 0.717) is 13.0 Å². The summed E-state index contributed by atoms with van der Waals surface area (Å²) >= 11 is 0. The van der Waals surface area contributed by atoms with E-state index in [1.165, 1.54) is 5.56 Å². The number of benzene rings is 1. The molecule has 4 rings (SSSR count). The lowest BCUT2D eigenvalue weighted by molar-refractivity contribution is -0.132. The van der Waals surface area contributed by atoms with Gasteiger partial charge in [0.05, 0.1) is 18.7 Å². The maximum Gasteiger partial charge on any atom is 0.227 e. The fraction of sp³-hybridized carbons (Fsp3) is 0.421. The fourth-order valence-corrected chi connectivity index (χ4v) is 3.60. The van der Waals surface area contributed by atoms with Crippen LogP contribution in [0.2, 0.25) is 0 Å². The van der Waals surface area contributed by atoms with Gasteiger partial charge in [0, 0.05) is 24.0 Å². The molecule has 130 valence electrons. The number of piperidine rings is 1. The number of hydrogen-bond donors (Lipinski definition) is 0. The summed E-state index contributed by atoms with van der Waals surface area (Å²) in [5.41, 5.74) is 4.19. The number of carbonyl (C=O) groups is 1. The standard InChI is InChI=1S/C19H22N4O2/c1-13-5-6-17-15(10-25-19(17)14(13)2)8-18(24)22-7-3-4-16(9-22)23-12-20-11-21-23/h5-6,10-12,16H,3-4,7-9H2,1-2H3. The Kier molecular flexibility index (Phi) is 4.03. The van der Waals surface area contributed by atoms with E-state index in [1.807, 2.05) is 9.58 Å². The van der Waals surface area contributed by atoms with Crippen LogP contribution >= 0.6 is 0 Å². The van der Waals surface area contributed by atoms with E-state index in [4.69, 9.17) is 4.42 Å². The van der Waals surface area contributed by atoms with Crippen molar-refractivity contribution < 1.29 is 9.21 Å². The Bertz CT molecular complexity index is 898. The van der Waals surface area contributed by atoms with Gasteiger partial charge in [0.25, 0.3) is 0 Å². The third kappa shape index (κ3) is 2.92. The highest BCUT2D eigenvalue weighted by molar-refractivity contribution is 5.89. The van der Waals surface area contributed by atoms with Gasteiger partial charge in [0.1, 0.15) is 18.2 Å². The molecule has 0 spiro atoms. The van der Waals surface area contributed by atoms with Gasteiger partial charge in [-0.1, -0.05) is 12.1 Å². The van der Waals surface area contributed by atoms with Crippen LogP contribution in [-0.4, -0.2) is 38.7 Å². The molecule has 6 heteroatoms. The highest BCUT2D eigenvalue weighted by Gasteiger charge is 2.26. The van der Waals surface area contributed by atoms with E-state index < -0.39 is 0 Å². The molecule has 1 aliphatic heterocycles. The van der Waals surface area contributed by atoms with Crippen molar-refractivity contribution in [3.63, 3.8) is 0 Å². The van der Waals surface area contributed by atoms with Crippen LogP contribution in [0.5, 0.6) is 0 Å². The van der Waals surface area contributed by atoms with Crippen molar-refractivity contribution in [2.75, 3.05) is 13.1 Å². The Morgan fingerprint density at radius 2 is 2.24 bits per heavy atom. The van der Waals surface area contributed by atoms with E-state index in [1.54, 1.807) is 18.9 Å². The molecule has 1 saturated heterocycles. The minimum Gasteiger partial charge on any atom is -0.464 e. The van der Waals surface area contributed by atoms with Gasteiger partial charge < -0.3 is 9.32 Å². The van der Waals surface area contributed by atoms with Crippen LogP contribution in [-0.2, 0) is 11.2 Å². The van der Waals surface area contributed by atoms with Gasteiger partial charge in [0.2, 0.25) is 5.91 Å². The van der Waals surface area contributed by atoms with Gasteiger partial charge in [-0.25, -0.2) is 9.67 Å². The van der Waals surface area contributed by atoms with Gasteiger partial charge in [0.15, 0.2) is 0 Å². The van der Waals surface area contributed by atoms with Crippen molar-refractivity contribution in [1.29, 1.82) is 0 Å². The second kappa shape index (κ2) is 6.35. The molecule has 0 N–H and O–H groups in total. The van der Waals surface area contributed by atoms with Crippen LogP contribution in [0.1, 0.15) is 35.6 Å². The normalized spacial score (nSPS) is 18.0. The first kappa shape index (κ1) is 15.9. The molecule has 2 aromatic heterocycles. The number of nitrogens with zero attached hydrogens (tertiary/aromatic N) is 4. The van der Waals surface area contributed by atoms with Crippen LogP contribution in [0.25, 0.3) is 11.0 Å². The Morgan fingerprint density at radius 3 is 3.04 bits per heavy atom. The summed E-state index contributed by atoms with van der Waals surface area (Å²) < 4.78 is 7.60. The molecule has 0 saturated carbocycles. The van der Waals surface area contributed by atoms with E-state index in [9.17, 15) is 4.79 Å². The van der Waals surface area contributed by atoms with Crippen molar-refractivity contribution in [2.24, 2.45) is 0 Å². The molecule has 1 aromatic carbocycles. The third-order valence-corrected chi connectivity index (χ3v) is 5.24. The second-order valence-corrected chi connectivity index (χ2v) is 6.83. The first-order valence-corrected chi connectivity index (χ1v) is 8.71. The molecule has 0 bridgehead atoms. The number of furan rings is 1. The first-order chi connectivity index (χ1) is 12.1. The van der Waals surface area contributed by atoms with Gasteiger partial charge in [-0.15, -0.1) is 0 Å². The quantitative estimate of drug-likeness (QED) is 0.736. The van der Waals surface area contributed by atoms with Crippen LogP contribution in [0, 0.1) is 13.8 Å². The Hall–Kier alpha value is -2.63. The van der Waals surface area contributed by atoms with Gasteiger partial charge in [-0.05, 0) is 37.8 Å². The predicted molar refractivity (Wildman–Crippen MR) is 94.3 cm³/mol. The number of carbonyl (C=O) groups excluding carboxylic acids is 1. The maximum absolute atomic E-state index is 12.8. The Morgan fingerprint density at radius 1 is 1.36 bits per heavy atom. The summed E-state index contributed by atoms with van der Waals surface area (Å²) in [7, 11) is 0. The molecule has 0 aliphatic carbocycles. The summed E-state index contributed by atoms with van der Waals surface area (Å²) in [6.07, 6.45) is 7.39. The topological polar surface area (TPSA) is 64.2 Å². The average molecular weight is 338 g/mol. The number of fused-ring (bicyclic) bond motifs is 1.